The molecule has 0 radical (unpaired) electrons. The van der Waals surface area contributed by atoms with Gasteiger partial charge in [-0.25, -0.2) is 4.79 Å². The van der Waals surface area contributed by atoms with Gasteiger partial charge in [-0.05, 0) is 38.3 Å². The van der Waals surface area contributed by atoms with Gasteiger partial charge in [-0.15, -0.1) is 0 Å². The van der Waals surface area contributed by atoms with E-state index >= 15 is 0 Å². The van der Waals surface area contributed by atoms with Gasteiger partial charge in [-0.1, -0.05) is 17.7 Å². The van der Waals surface area contributed by atoms with Crippen molar-refractivity contribution in [3.05, 3.63) is 29.8 Å². The number of nitrogens with two attached hydrogens (primary N) is 1. The van der Waals surface area contributed by atoms with Crippen LogP contribution in [0, 0.1) is 12.8 Å². The van der Waals surface area contributed by atoms with Crippen LogP contribution in [-0.4, -0.2) is 61.2 Å². The summed E-state index contributed by atoms with van der Waals surface area (Å²) in [6.07, 6.45) is 0.799. The van der Waals surface area contributed by atoms with Gasteiger partial charge in [0.15, 0.2) is 0 Å². The van der Waals surface area contributed by atoms with Crippen molar-refractivity contribution in [2.24, 2.45) is 11.7 Å². The predicted octanol–water partition coefficient (Wildman–Crippen LogP) is 1.08. The summed E-state index contributed by atoms with van der Waals surface area (Å²) in [4.78, 5) is 23.7. The summed E-state index contributed by atoms with van der Waals surface area (Å²) in [7, 11) is -0.584. The second kappa shape index (κ2) is 9.67. The fourth-order valence-corrected chi connectivity index (χ4v) is 3.32. The molecule has 2 rings (SSSR count). The van der Waals surface area contributed by atoms with Crippen LogP contribution in [0.3, 0.4) is 0 Å². The first kappa shape index (κ1) is 22.9. The minimum atomic E-state index is -4.02. The van der Waals surface area contributed by atoms with Crippen molar-refractivity contribution < 1.29 is 27.7 Å². The SMILES string of the molecule is CN(C)C(=O)[C@H]1CC[C@H](NC(=O)O)[C@H](N)C1.Cc1ccc(S(=O)(=O)O)cc1. The highest BCUT2D eigenvalue weighted by Gasteiger charge is 2.33. The maximum absolute atomic E-state index is 11.7. The Bertz CT molecular complexity index is 748. The Morgan fingerprint density at radius 2 is 1.74 bits per heavy atom. The summed E-state index contributed by atoms with van der Waals surface area (Å²) in [5, 5.41) is 11.0. The van der Waals surface area contributed by atoms with E-state index in [1.165, 1.54) is 12.1 Å². The van der Waals surface area contributed by atoms with Crippen LogP contribution >= 0.6 is 0 Å². The fraction of sp³-hybridized carbons (Fsp3) is 0.529. The second-order valence-electron chi connectivity index (χ2n) is 6.75. The topological polar surface area (TPSA) is 150 Å². The number of carbonyl (C=O) groups excluding carboxylic acids is 1. The molecule has 2 amide bonds. The van der Waals surface area contributed by atoms with E-state index in [2.05, 4.69) is 5.32 Å². The third kappa shape index (κ3) is 7.53. The van der Waals surface area contributed by atoms with E-state index in [0.717, 1.165) is 5.56 Å². The Kier molecular flexibility index (Phi) is 8.20. The maximum atomic E-state index is 11.7. The van der Waals surface area contributed by atoms with Crippen molar-refractivity contribution in [2.75, 3.05) is 14.1 Å². The van der Waals surface area contributed by atoms with Crippen LogP contribution in [0.4, 0.5) is 4.79 Å². The van der Waals surface area contributed by atoms with Crippen molar-refractivity contribution in [1.29, 1.82) is 0 Å². The molecule has 27 heavy (non-hydrogen) atoms. The highest BCUT2D eigenvalue weighted by Crippen LogP contribution is 2.25. The number of rotatable bonds is 3. The standard InChI is InChI=1S/C10H19N3O3.C7H8O3S/c1-13(2)9(14)6-3-4-8(7(11)5-6)12-10(15)16;1-6-2-4-7(5-3-6)11(8,9)10/h6-8,12H,3-5,11H2,1-2H3,(H,15,16);2-5H,1H3,(H,8,9,10)/t6-,7+,8-;/m0./s1. The number of aryl methyl sites for hydroxylation is 1. The molecule has 0 spiro atoms. The van der Waals surface area contributed by atoms with Crippen molar-refractivity contribution in [2.45, 2.75) is 43.2 Å². The molecule has 0 aromatic heterocycles. The van der Waals surface area contributed by atoms with E-state index in [9.17, 15) is 18.0 Å². The molecule has 152 valence electrons. The molecule has 0 bridgehead atoms. The molecule has 1 aliphatic rings. The van der Waals surface area contributed by atoms with Gasteiger partial charge in [0.1, 0.15) is 0 Å². The number of hydrogen-bond donors (Lipinski definition) is 4. The van der Waals surface area contributed by atoms with E-state index in [0.29, 0.717) is 19.3 Å². The van der Waals surface area contributed by atoms with Crippen LogP contribution in [0.25, 0.3) is 0 Å². The van der Waals surface area contributed by atoms with Gasteiger partial charge >= 0.3 is 6.09 Å². The Labute approximate surface area is 159 Å². The number of carbonyl (C=O) groups is 2. The van der Waals surface area contributed by atoms with E-state index < -0.39 is 16.2 Å². The Hall–Kier alpha value is -2.17. The van der Waals surface area contributed by atoms with Gasteiger partial charge in [0.05, 0.1) is 4.90 Å². The number of nitrogens with one attached hydrogen (secondary N) is 1. The molecule has 0 saturated heterocycles. The van der Waals surface area contributed by atoms with Crippen LogP contribution in [0.5, 0.6) is 0 Å². The van der Waals surface area contributed by atoms with Crippen LogP contribution in [0.1, 0.15) is 24.8 Å². The summed E-state index contributed by atoms with van der Waals surface area (Å²) in [6, 6.07) is 5.48. The number of hydrogen-bond acceptors (Lipinski definition) is 5. The lowest BCUT2D eigenvalue weighted by molar-refractivity contribution is -0.134. The summed E-state index contributed by atoms with van der Waals surface area (Å²) >= 11 is 0. The van der Waals surface area contributed by atoms with Crippen molar-refractivity contribution >= 4 is 22.1 Å². The first-order valence-electron chi connectivity index (χ1n) is 8.42. The molecule has 3 atom stereocenters. The molecule has 5 N–H and O–H groups in total. The highest BCUT2D eigenvalue weighted by atomic mass is 32.2. The Morgan fingerprint density at radius 3 is 2.15 bits per heavy atom. The lowest BCUT2D eigenvalue weighted by atomic mass is 9.82. The summed E-state index contributed by atoms with van der Waals surface area (Å²) in [5.74, 6) is 0.000991. The first-order chi connectivity index (χ1) is 12.4. The molecule has 1 aromatic rings. The van der Waals surface area contributed by atoms with E-state index in [4.69, 9.17) is 15.4 Å². The molecule has 9 nitrogen and oxygen atoms in total. The monoisotopic (exact) mass is 401 g/mol. The minimum Gasteiger partial charge on any atom is -0.465 e. The van der Waals surface area contributed by atoms with E-state index in [1.54, 1.807) is 31.1 Å². The molecule has 0 aliphatic heterocycles. The summed E-state index contributed by atoms with van der Waals surface area (Å²) in [5.41, 5.74) is 6.81. The van der Waals surface area contributed by atoms with E-state index in [1.807, 2.05) is 6.92 Å². The van der Waals surface area contributed by atoms with Crippen molar-refractivity contribution in [3.63, 3.8) is 0 Å². The molecule has 1 saturated carbocycles. The van der Waals surface area contributed by atoms with Crippen LogP contribution in [-0.2, 0) is 14.9 Å². The Balaban J connectivity index is 0.000000289. The molecule has 1 aliphatic carbocycles. The molecular weight excluding hydrogens is 374 g/mol. The normalized spacial score (nSPS) is 22.2. The largest absolute Gasteiger partial charge is 0.465 e. The Morgan fingerprint density at radius 1 is 1.19 bits per heavy atom. The number of nitrogens with zero attached hydrogens (tertiary/aromatic N) is 1. The van der Waals surface area contributed by atoms with Gasteiger partial charge in [-0.2, -0.15) is 8.42 Å². The number of amides is 2. The summed E-state index contributed by atoms with van der Waals surface area (Å²) < 4.78 is 29.6. The third-order valence-corrected chi connectivity index (χ3v) is 5.19. The van der Waals surface area contributed by atoms with Crippen LogP contribution in [0.15, 0.2) is 29.2 Å². The van der Waals surface area contributed by atoms with Gasteiger partial charge in [0, 0.05) is 32.1 Å². The molecule has 0 unspecified atom stereocenters. The van der Waals surface area contributed by atoms with Crippen LogP contribution < -0.4 is 11.1 Å². The van der Waals surface area contributed by atoms with Crippen LogP contribution in [0.2, 0.25) is 0 Å². The maximum Gasteiger partial charge on any atom is 0.404 e. The predicted molar refractivity (Wildman–Crippen MR) is 100.0 cm³/mol. The second-order valence-corrected chi connectivity index (χ2v) is 8.17. The zero-order valence-electron chi connectivity index (χ0n) is 15.6. The van der Waals surface area contributed by atoms with Gasteiger partial charge in [-0.3, -0.25) is 9.35 Å². The molecule has 0 heterocycles. The molecule has 10 heteroatoms. The lowest BCUT2D eigenvalue weighted by Crippen LogP contribution is -2.52. The zero-order chi connectivity index (χ0) is 20.8. The quantitative estimate of drug-likeness (QED) is 0.553. The lowest BCUT2D eigenvalue weighted by Gasteiger charge is -2.34. The van der Waals surface area contributed by atoms with Crippen molar-refractivity contribution in [3.8, 4) is 0 Å². The molecule has 1 fully saturated rings. The summed E-state index contributed by atoms with van der Waals surface area (Å²) in [6.45, 7) is 1.84. The third-order valence-electron chi connectivity index (χ3n) is 4.32. The van der Waals surface area contributed by atoms with Gasteiger partial charge in [0.25, 0.3) is 10.1 Å². The van der Waals surface area contributed by atoms with Gasteiger partial charge in [0.2, 0.25) is 5.91 Å². The number of carboxylic acid groups (broad SMARTS) is 1. The average molecular weight is 401 g/mol. The van der Waals surface area contributed by atoms with E-state index in [-0.39, 0.29) is 28.8 Å². The average Bonchev–Trinajstić information content (AvgIpc) is 2.55. The zero-order valence-corrected chi connectivity index (χ0v) is 16.4. The molecular formula is C17H27N3O6S. The molecule has 1 aromatic carbocycles. The fourth-order valence-electron chi connectivity index (χ4n) is 2.84. The van der Waals surface area contributed by atoms with Gasteiger partial charge < -0.3 is 21.1 Å². The highest BCUT2D eigenvalue weighted by molar-refractivity contribution is 7.85. The number of benzene rings is 1. The minimum absolute atomic E-state index is 0.0666. The smallest absolute Gasteiger partial charge is 0.404 e. The first-order valence-corrected chi connectivity index (χ1v) is 9.86. The van der Waals surface area contributed by atoms with Crippen molar-refractivity contribution in [1.82, 2.24) is 10.2 Å².